The molecule has 1 aromatic rings. The standard InChI is InChI=1S/C10H13NOS/c1-9(12)5-4-8-13-10-6-2-3-7-11-10/h2-3,6-7H,4-5,8H2,1H3. The van der Waals surface area contributed by atoms with Crippen LogP contribution in [0.3, 0.4) is 0 Å². The third kappa shape index (κ3) is 4.68. The van der Waals surface area contributed by atoms with E-state index in [2.05, 4.69) is 4.98 Å². The smallest absolute Gasteiger partial charge is 0.129 e. The minimum atomic E-state index is 0.265. The zero-order valence-corrected chi connectivity index (χ0v) is 8.51. The molecule has 70 valence electrons. The van der Waals surface area contributed by atoms with Gasteiger partial charge in [0, 0.05) is 12.6 Å². The summed E-state index contributed by atoms with van der Waals surface area (Å²) in [6.45, 7) is 1.63. The van der Waals surface area contributed by atoms with Gasteiger partial charge in [-0.05, 0) is 31.2 Å². The van der Waals surface area contributed by atoms with E-state index in [9.17, 15) is 4.79 Å². The van der Waals surface area contributed by atoms with Crippen LogP contribution >= 0.6 is 11.8 Å². The Morgan fingerprint density at radius 1 is 1.54 bits per heavy atom. The third-order valence-corrected chi connectivity index (χ3v) is 2.59. The minimum Gasteiger partial charge on any atom is -0.300 e. The summed E-state index contributed by atoms with van der Waals surface area (Å²) in [6, 6.07) is 5.86. The van der Waals surface area contributed by atoms with Crippen LogP contribution in [0.5, 0.6) is 0 Å². The summed E-state index contributed by atoms with van der Waals surface area (Å²) in [7, 11) is 0. The van der Waals surface area contributed by atoms with E-state index in [1.807, 2.05) is 18.2 Å². The van der Waals surface area contributed by atoms with Crippen molar-refractivity contribution >= 4 is 17.5 Å². The van der Waals surface area contributed by atoms with Gasteiger partial charge in [0.1, 0.15) is 5.78 Å². The van der Waals surface area contributed by atoms with Gasteiger partial charge in [-0.15, -0.1) is 11.8 Å². The van der Waals surface area contributed by atoms with E-state index in [0.29, 0.717) is 6.42 Å². The molecule has 0 atom stereocenters. The zero-order chi connectivity index (χ0) is 9.52. The molecule has 0 radical (unpaired) electrons. The molecule has 1 rings (SSSR count). The van der Waals surface area contributed by atoms with E-state index in [1.54, 1.807) is 24.9 Å². The Bertz CT molecular complexity index is 261. The molecule has 0 aromatic carbocycles. The summed E-state index contributed by atoms with van der Waals surface area (Å²) in [5.41, 5.74) is 0. The lowest BCUT2D eigenvalue weighted by atomic mass is 10.3. The van der Waals surface area contributed by atoms with Crippen molar-refractivity contribution in [1.82, 2.24) is 4.98 Å². The van der Waals surface area contributed by atoms with Gasteiger partial charge in [-0.1, -0.05) is 6.07 Å². The van der Waals surface area contributed by atoms with Crippen LogP contribution in [0.1, 0.15) is 19.8 Å². The molecule has 0 saturated carbocycles. The second kappa shape index (κ2) is 5.75. The van der Waals surface area contributed by atoms with Crippen LogP contribution in [-0.2, 0) is 4.79 Å². The molecule has 0 fully saturated rings. The molecule has 2 nitrogen and oxygen atoms in total. The lowest BCUT2D eigenvalue weighted by Crippen LogP contribution is -1.91. The number of pyridine rings is 1. The second-order valence-corrected chi connectivity index (χ2v) is 3.94. The summed E-state index contributed by atoms with van der Waals surface area (Å²) in [5, 5.41) is 1.03. The highest BCUT2D eigenvalue weighted by Crippen LogP contribution is 2.15. The highest BCUT2D eigenvalue weighted by molar-refractivity contribution is 7.99. The van der Waals surface area contributed by atoms with Crippen LogP contribution in [0.4, 0.5) is 0 Å². The topological polar surface area (TPSA) is 30.0 Å². The average molecular weight is 195 g/mol. The summed E-state index contributed by atoms with van der Waals surface area (Å²) >= 11 is 1.70. The first-order valence-electron chi connectivity index (χ1n) is 4.32. The quantitative estimate of drug-likeness (QED) is 0.534. The fourth-order valence-electron chi connectivity index (χ4n) is 0.930. The van der Waals surface area contributed by atoms with Crippen LogP contribution in [0.15, 0.2) is 29.4 Å². The number of thioether (sulfide) groups is 1. The number of rotatable bonds is 5. The molecule has 0 aliphatic rings. The first-order valence-corrected chi connectivity index (χ1v) is 5.31. The van der Waals surface area contributed by atoms with Crippen LogP contribution < -0.4 is 0 Å². The first-order chi connectivity index (χ1) is 6.29. The predicted octanol–water partition coefficient (Wildman–Crippen LogP) is 2.54. The van der Waals surface area contributed by atoms with Crippen molar-refractivity contribution in [3.05, 3.63) is 24.4 Å². The summed E-state index contributed by atoms with van der Waals surface area (Å²) in [6.07, 6.45) is 3.41. The molecule has 3 heteroatoms. The van der Waals surface area contributed by atoms with Crippen LogP contribution in [-0.4, -0.2) is 16.5 Å². The lowest BCUT2D eigenvalue weighted by Gasteiger charge is -1.98. The average Bonchev–Trinajstić information content (AvgIpc) is 2.14. The molecule has 0 bridgehead atoms. The van der Waals surface area contributed by atoms with Crippen molar-refractivity contribution in [2.24, 2.45) is 0 Å². The van der Waals surface area contributed by atoms with Crippen molar-refractivity contribution < 1.29 is 4.79 Å². The van der Waals surface area contributed by atoms with Gasteiger partial charge in [-0.25, -0.2) is 4.98 Å². The number of aromatic nitrogens is 1. The number of hydrogen-bond acceptors (Lipinski definition) is 3. The van der Waals surface area contributed by atoms with Gasteiger partial charge in [-0.3, -0.25) is 0 Å². The molecule has 0 N–H and O–H groups in total. The Morgan fingerprint density at radius 2 is 2.38 bits per heavy atom. The fraction of sp³-hybridized carbons (Fsp3) is 0.400. The Hall–Kier alpha value is -0.830. The normalized spacial score (nSPS) is 9.92. The Balaban J connectivity index is 2.17. The maximum absolute atomic E-state index is 10.6. The maximum atomic E-state index is 10.6. The summed E-state index contributed by atoms with van der Waals surface area (Å²) in [5.74, 6) is 1.23. The highest BCUT2D eigenvalue weighted by atomic mass is 32.2. The van der Waals surface area contributed by atoms with Gasteiger partial charge in [0.15, 0.2) is 0 Å². The van der Waals surface area contributed by atoms with E-state index in [-0.39, 0.29) is 5.78 Å². The van der Waals surface area contributed by atoms with Crippen molar-refractivity contribution in [3.8, 4) is 0 Å². The van der Waals surface area contributed by atoms with Crippen LogP contribution in [0.25, 0.3) is 0 Å². The summed E-state index contributed by atoms with van der Waals surface area (Å²) < 4.78 is 0. The largest absolute Gasteiger partial charge is 0.300 e. The Kier molecular flexibility index (Phi) is 4.54. The molecule has 0 amide bonds. The molecular formula is C10H13NOS. The highest BCUT2D eigenvalue weighted by Gasteiger charge is 1.95. The van der Waals surface area contributed by atoms with Gasteiger partial charge in [-0.2, -0.15) is 0 Å². The second-order valence-electron chi connectivity index (χ2n) is 2.82. The van der Waals surface area contributed by atoms with Gasteiger partial charge < -0.3 is 4.79 Å². The Morgan fingerprint density at radius 3 is 3.00 bits per heavy atom. The van der Waals surface area contributed by atoms with Crippen LogP contribution in [0, 0.1) is 0 Å². The molecule has 0 aliphatic carbocycles. The van der Waals surface area contributed by atoms with Crippen molar-refractivity contribution in [2.45, 2.75) is 24.8 Å². The van der Waals surface area contributed by atoms with E-state index >= 15 is 0 Å². The van der Waals surface area contributed by atoms with Gasteiger partial charge >= 0.3 is 0 Å². The lowest BCUT2D eigenvalue weighted by molar-refractivity contribution is -0.117. The SMILES string of the molecule is CC(=O)CCCSc1ccccn1. The summed E-state index contributed by atoms with van der Waals surface area (Å²) in [4.78, 5) is 14.8. The maximum Gasteiger partial charge on any atom is 0.129 e. The van der Waals surface area contributed by atoms with E-state index in [4.69, 9.17) is 0 Å². The molecule has 0 aliphatic heterocycles. The van der Waals surface area contributed by atoms with Gasteiger partial charge in [0.2, 0.25) is 0 Å². The van der Waals surface area contributed by atoms with Gasteiger partial charge in [0.05, 0.1) is 5.03 Å². The molecule has 0 saturated heterocycles. The number of nitrogens with zero attached hydrogens (tertiary/aromatic N) is 1. The molecule has 13 heavy (non-hydrogen) atoms. The van der Waals surface area contributed by atoms with Crippen molar-refractivity contribution in [1.29, 1.82) is 0 Å². The fourth-order valence-corrected chi connectivity index (χ4v) is 1.74. The van der Waals surface area contributed by atoms with Crippen LogP contribution in [0.2, 0.25) is 0 Å². The Labute approximate surface area is 82.8 Å². The molecule has 1 heterocycles. The number of carbonyl (C=O) groups is 1. The zero-order valence-electron chi connectivity index (χ0n) is 7.69. The van der Waals surface area contributed by atoms with Gasteiger partial charge in [0.25, 0.3) is 0 Å². The third-order valence-electron chi connectivity index (χ3n) is 1.56. The molecular weight excluding hydrogens is 182 g/mol. The first kappa shape index (κ1) is 10.3. The molecule has 1 aromatic heterocycles. The van der Waals surface area contributed by atoms with Crippen molar-refractivity contribution in [3.63, 3.8) is 0 Å². The molecule has 0 spiro atoms. The predicted molar refractivity (Wildman–Crippen MR) is 54.9 cm³/mol. The van der Waals surface area contributed by atoms with E-state index in [0.717, 1.165) is 17.2 Å². The number of ketones is 1. The monoisotopic (exact) mass is 195 g/mol. The van der Waals surface area contributed by atoms with Crippen molar-refractivity contribution in [2.75, 3.05) is 5.75 Å². The minimum absolute atomic E-state index is 0.265. The number of hydrogen-bond donors (Lipinski definition) is 0. The molecule has 0 unspecified atom stereocenters. The number of Topliss-reactive ketones (excluding diaryl/α,β-unsaturated/α-hetero) is 1. The van der Waals surface area contributed by atoms with E-state index < -0.39 is 0 Å². The van der Waals surface area contributed by atoms with E-state index in [1.165, 1.54) is 0 Å². The number of carbonyl (C=O) groups excluding carboxylic acids is 1.